The van der Waals surface area contributed by atoms with Gasteiger partial charge in [0.2, 0.25) is 0 Å². The monoisotopic (exact) mass is 346 g/mol. The smallest absolute Gasteiger partial charge is 0.147 e. The van der Waals surface area contributed by atoms with Crippen molar-refractivity contribution in [1.29, 1.82) is 5.26 Å². The van der Waals surface area contributed by atoms with Crippen LogP contribution in [0, 0.1) is 17.2 Å². The Hall–Kier alpha value is -2.68. The third kappa shape index (κ3) is 2.50. The summed E-state index contributed by atoms with van der Waals surface area (Å²) in [6.45, 7) is 2.94. The Morgan fingerprint density at radius 1 is 1.15 bits per heavy atom. The second-order valence-corrected chi connectivity index (χ2v) is 7.54. The molecule has 5 rings (SSSR count). The zero-order chi connectivity index (χ0) is 17.5. The quantitative estimate of drug-likeness (QED) is 0.831. The second kappa shape index (κ2) is 6.24. The van der Waals surface area contributed by atoms with Crippen molar-refractivity contribution in [3.8, 4) is 6.07 Å². The third-order valence-corrected chi connectivity index (χ3v) is 6.16. The van der Waals surface area contributed by atoms with Crippen molar-refractivity contribution in [1.82, 2.24) is 15.0 Å². The number of piperidine rings is 1. The lowest BCUT2D eigenvalue weighted by molar-refractivity contribution is 0.388. The Labute approximate surface area is 153 Å². The Balaban J connectivity index is 1.46. The van der Waals surface area contributed by atoms with Gasteiger partial charge < -0.3 is 9.80 Å². The fourth-order valence-electron chi connectivity index (χ4n) is 4.83. The molecule has 2 aromatic rings. The summed E-state index contributed by atoms with van der Waals surface area (Å²) in [6, 6.07) is 4.88. The van der Waals surface area contributed by atoms with Crippen molar-refractivity contribution in [2.24, 2.45) is 5.92 Å². The van der Waals surface area contributed by atoms with Crippen LogP contribution in [0.3, 0.4) is 0 Å². The highest BCUT2D eigenvalue weighted by atomic mass is 15.3. The maximum absolute atomic E-state index is 9.69. The average molecular weight is 346 g/mol. The van der Waals surface area contributed by atoms with E-state index in [0.717, 1.165) is 62.5 Å². The summed E-state index contributed by atoms with van der Waals surface area (Å²) in [4.78, 5) is 18.4. The van der Waals surface area contributed by atoms with Gasteiger partial charge >= 0.3 is 0 Å². The average Bonchev–Trinajstić information content (AvgIpc) is 3.33. The van der Waals surface area contributed by atoms with E-state index in [1.807, 2.05) is 6.20 Å². The lowest BCUT2D eigenvalue weighted by atomic mass is 9.92. The molecule has 2 unspecified atom stereocenters. The number of nitrogens with zero attached hydrogens (tertiary/aromatic N) is 6. The minimum absolute atomic E-state index is 0.393. The lowest BCUT2D eigenvalue weighted by Crippen LogP contribution is -2.49. The summed E-state index contributed by atoms with van der Waals surface area (Å²) < 4.78 is 0. The van der Waals surface area contributed by atoms with Crippen LogP contribution >= 0.6 is 0 Å². The fraction of sp³-hybridized carbons (Fsp3) is 0.500. The fourth-order valence-corrected chi connectivity index (χ4v) is 4.83. The minimum Gasteiger partial charge on any atom is -0.353 e. The van der Waals surface area contributed by atoms with Crippen LogP contribution in [0.4, 0.5) is 11.6 Å². The van der Waals surface area contributed by atoms with Gasteiger partial charge in [-0.05, 0) is 49.7 Å². The van der Waals surface area contributed by atoms with Gasteiger partial charge in [-0.25, -0.2) is 9.97 Å². The minimum atomic E-state index is 0.393. The molecule has 132 valence electrons. The summed E-state index contributed by atoms with van der Waals surface area (Å²) in [5, 5.41) is 9.69. The van der Waals surface area contributed by atoms with Crippen LogP contribution in [0.2, 0.25) is 0 Å². The molecule has 2 atom stereocenters. The van der Waals surface area contributed by atoms with E-state index < -0.39 is 0 Å². The van der Waals surface area contributed by atoms with E-state index in [1.54, 1.807) is 12.4 Å². The van der Waals surface area contributed by atoms with Crippen LogP contribution in [0.25, 0.3) is 0 Å². The molecule has 4 heterocycles. The van der Waals surface area contributed by atoms with Crippen LogP contribution < -0.4 is 9.80 Å². The number of fused-ring (bicyclic) bond motifs is 2. The van der Waals surface area contributed by atoms with Crippen molar-refractivity contribution in [2.45, 2.75) is 38.1 Å². The molecule has 26 heavy (non-hydrogen) atoms. The molecule has 0 bridgehead atoms. The van der Waals surface area contributed by atoms with Crippen LogP contribution in [-0.2, 0) is 12.8 Å². The molecule has 3 aliphatic rings. The zero-order valence-electron chi connectivity index (χ0n) is 14.8. The number of anilines is 2. The van der Waals surface area contributed by atoms with Crippen LogP contribution in [0.5, 0.6) is 0 Å². The van der Waals surface area contributed by atoms with Crippen molar-refractivity contribution in [2.75, 3.05) is 29.4 Å². The maximum atomic E-state index is 9.69. The molecular weight excluding hydrogens is 324 g/mol. The lowest BCUT2D eigenvalue weighted by Gasteiger charge is -2.39. The normalized spacial score (nSPS) is 24.3. The highest BCUT2D eigenvalue weighted by Crippen LogP contribution is 2.37. The topological polar surface area (TPSA) is 68.9 Å². The molecule has 6 nitrogen and oxygen atoms in total. The summed E-state index contributed by atoms with van der Waals surface area (Å²) in [6.07, 6.45) is 10.9. The van der Waals surface area contributed by atoms with Gasteiger partial charge in [-0.2, -0.15) is 5.26 Å². The number of aryl methyl sites for hydroxylation is 2. The number of hydrogen-bond acceptors (Lipinski definition) is 6. The number of pyridine rings is 1. The molecule has 1 aliphatic carbocycles. The van der Waals surface area contributed by atoms with Gasteiger partial charge in [0.15, 0.2) is 0 Å². The number of nitriles is 1. The predicted octanol–water partition coefficient (Wildman–Crippen LogP) is 2.34. The van der Waals surface area contributed by atoms with Crippen LogP contribution in [-0.4, -0.2) is 40.6 Å². The van der Waals surface area contributed by atoms with E-state index >= 15 is 0 Å². The Morgan fingerprint density at radius 3 is 2.92 bits per heavy atom. The molecule has 0 radical (unpaired) electrons. The predicted molar refractivity (Wildman–Crippen MR) is 99.1 cm³/mol. The van der Waals surface area contributed by atoms with E-state index in [1.165, 1.54) is 17.7 Å². The van der Waals surface area contributed by atoms with E-state index in [9.17, 15) is 5.26 Å². The molecule has 0 amide bonds. The SMILES string of the molecule is N#Cc1cc2c(nc1N1CCC3CCN(c4cnccn4)CC31)CCC2. The highest BCUT2D eigenvalue weighted by molar-refractivity contribution is 5.58. The van der Waals surface area contributed by atoms with E-state index in [2.05, 4.69) is 31.9 Å². The van der Waals surface area contributed by atoms with Crippen LogP contribution in [0.1, 0.15) is 36.1 Å². The molecule has 2 saturated heterocycles. The molecule has 0 spiro atoms. The van der Waals surface area contributed by atoms with Gasteiger partial charge in [-0.15, -0.1) is 0 Å². The maximum Gasteiger partial charge on any atom is 0.147 e. The molecule has 0 aromatic carbocycles. The summed E-state index contributed by atoms with van der Waals surface area (Å²) in [5.41, 5.74) is 3.21. The Morgan fingerprint density at radius 2 is 2.08 bits per heavy atom. The van der Waals surface area contributed by atoms with Gasteiger partial charge in [0, 0.05) is 37.7 Å². The van der Waals surface area contributed by atoms with Gasteiger partial charge in [0.1, 0.15) is 17.7 Å². The Kier molecular flexibility index (Phi) is 3.74. The first-order valence-corrected chi connectivity index (χ1v) is 9.54. The first-order valence-electron chi connectivity index (χ1n) is 9.54. The van der Waals surface area contributed by atoms with Crippen molar-refractivity contribution in [3.05, 3.63) is 41.5 Å². The van der Waals surface area contributed by atoms with Crippen molar-refractivity contribution < 1.29 is 0 Å². The molecule has 2 aliphatic heterocycles. The molecule has 0 saturated carbocycles. The first-order chi connectivity index (χ1) is 12.8. The van der Waals surface area contributed by atoms with Gasteiger partial charge in [-0.3, -0.25) is 4.98 Å². The summed E-state index contributed by atoms with van der Waals surface area (Å²) >= 11 is 0. The van der Waals surface area contributed by atoms with Crippen molar-refractivity contribution in [3.63, 3.8) is 0 Å². The summed E-state index contributed by atoms with van der Waals surface area (Å²) in [5.74, 6) is 2.52. The first kappa shape index (κ1) is 15.6. The third-order valence-electron chi connectivity index (χ3n) is 6.16. The molecule has 0 N–H and O–H groups in total. The molecule has 6 heteroatoms. The second-order valence-electron chi connectivity index (χ2n) is 7.54. The van der Waals surface area contributed by atoms with E-state index in [0.29, 0.717) is 12.0 Å². The number of aromatic nitrogens is 3. The molecule has 2 aromatic heterocycles. The highest BCUT2D eigenvalue weighted by Gasteiger charge is 2.40. The molecular formula is C20H22N6. The molecule has 2 fully saturated rings. The van der Waals surface area contributed by atoms with Gasteiger partial charge in [0.25, 0.3) is 0 Å². The van der Waals surface area contributed by atoms with E-state index in [-0.39, 0.29) is 0 Å². The van der Waals surface area contributed by atoms with Gasteiger partial charge in [-0.1, -0.05) is 0 Å². The number of rotatable bonds is 2. The zero-order valence-corrected chi connectivity index (χ0v) is 14.8. The number of hydrogen-bond donors (Lipinski definition) is 0. The summed E-state index contributed by atoms with van der Waals surface area (Å²) in [7, 11) is 0. The Bertz CT molecular complexity index is 859. The van der Waals surface area contributed by atoms with Crippen LogP contribution in [0.15, 0.2) is 24.7 Å². The van der Waals surface area contributed by atoms with Crippen molar-refractivity contribution >= 4 is 11.6 Å². The van der Waals surface area contributed by atoms with Gasteiger partial charge in [0.05, 0.1) is 17.8 Å². The van der Waals surface area contributed by atoms with E-state index in [4.69, 9.17) is 4.98 Å². The standard InChI is InChI=1S/C20H22N6/c21-11-16-10-15-2-1-3-17(15)24-20(16)26-9-5-14-4-8-25(13-18(14)26)19-12-22-6-7-23-19/h6-7,10,12,14,18H,1-5,8-9,13H2. The largest absolute Gasteiger partial charge is 0.353 e.